The highest BCUT2D eigenvalue weighted by Crippen LogP contribution is 2.23. The van der Waals surface area contributed by atoms with Crippen LogP contribution in [0, 0.1) is 12.8 Å². The van der Waals surface area contributed by atoms with Crippen LogP contribution in [0.3, 0.4) is 0 Å². The first-order valence-electron chi connectivity index (χ1n) is 11.2. The fraction of sp³-hybridized carbons (Fsp3) is 0.440. The molecule has 3 aromatic rings. The van der Waals surface area contributed by atoms with Crippen molar-refractivity contribution in [3.63, 3.8) is 0 Å². The highest BCUT2D eigenvalue weighted by molar-refractivity contribution is 5.94. The Bertz CT molecular complexity index is 1020. The molecular formula is C25H32N4O2. The number of aromatic nitrogens is 2. The summed E-state index contributed by atoms with van der Waals surface area (Å²) in [6.45, 7) is 5.50. The summed E-state index contributed by atoms with van der Waals surface area (Å²) in [5.41, 5.74) is 4.64. The van der Waals surface area contributed by atoms with E-state index in [1.165, 1.54) is 5.56 Å². The summed E-state index contributed by atoms with van der Waals surface area (Å²) in [5.74, 6) is 0.366. The number of hydrogen-bond acceptors (Lipinski definition) is 4. The molecule has 0 atom stereocenters. The van der Waals surface area contributed by atoms with Gasteiger partial charge < -0.3 is 14.4 Å². The first kappa shape index (κ1) is 21.5. The van der Waals surface area contributed by atoms with E-state index in [4.69, 9.17) is 4.98 Å². The standard InChI is InChI=1S/C25H32N4O2/c1-19-7-6-13-29-22(17-28-15-11-21(18-30)12-16-28)23(26-24(19)29)25(31)27(2)14-10-20-8-4-3-5-9-20/h3-9,13,21,30H,10-12,14-18H2,1-2H3. The number of rotatable bonds is 7. The number of amides is 1. The molecule has 31 heavy (non-hydrogen) atoms. The molecule has 0 unspecified atom stereocenters. The number of aryl methyl sites for hydroxylation is 1. The zero-order valence-electron chi connectivity index (χ0n) is 18.5. The highest BCUT2D eigenvalue weighted by Gasteiger charge is 2.26. The maximum absolute atomic E-state index is 13.4. The predicted molar refractivity (Wildman–Crippen MR) is 122 cm³/mol. The molecule has 1 aliphatic heterocycles. The molecule has 0 aliphatic carbocycles. The van der Waals surface area contributed by atoms with Crippen LogP contribution in [0.4, 0.5) is 0 Å². The number of aliphatic hydroxyl groups is 1. The van der Waals surface area contributed by atoms with Gasteiger partial charge in [-0.3, -0.25) is 9.69 Å². The molecule has 6 heteroatoms. The SMILES string of the molecule is Cc1cccn2c(CN3CCC(CO)CC3)c(C(=O)N(C)CCc3ccccc3)nc12. The number of benzene rings is 1. The molecule has 1 aliphatic rings. The summed E-state index contributed by atoms with van der Waals surface area (Å²) >= 11 is 0. The van der Waals surface area contributed by atoms with Gasteiger partial charge in [-0.15, -0.1) is 0 Å². The number of likely N-dealkylation sites (N-methyl/N-ethyl adjacent to an activating group) is 1. The normalized spacial score (nSPS) is 15.5. The van der Waals surface area contributed by atoms with Crippen LogP contribution in [-0.2, 0) is 13.0 Å². The Kier molecular flexibility index (Phi) is 6.68. The van der Waals surface area contributed by atoms with Crippen LogP contribution in [0.25, 0.3) is 5.65 Å². The third-order valence-electron chi connectivity index (χ3n) is 6.41. The molecule has 0 bridgehead atoms. The average molecular weight is 421 g/mol. The van der Waals surface area contributed by atoms with Gasteiger partial charge in [0.15, 0.2) is 5.69 Å². The minimum absolute atomic E-state index is 0.0284. The van der Waals surface area contributed by atoms with Crippen LogP contribution < -0.4 is 0 Å². The number of likely N-dealkylation sites (tertiary alicyclic amines) is 1. The van der Waals surface area contributed by atoms with Crippen molar-refractivity contribution in [1.29, 1.82) is 0 Å². The summed E-state index contributed by atoms with van der Waals surface area (Å²) in [4.78, 5) is 22.4. The first-order chi connectivity index (χ1) is 15.1. The van der Waals surface area contributed by atoms with Gasteiger partial charge in [0.05, 0.1) is 5.69 Å². The smallest absolute Gasteiger partial charge is 0.274 e. The molecule has 4 rings (SSSR count). The molecule has 0 radical (unpaired) electrons. The van der Waals surface area contributed by atoms with Gasteiger partial charge in [0.2, 0.25) is 0 Å². The van der Waals surface area contributed by atoms with Crippen molar-refractivity contribution in [1.82, 2.24) is 19.2 Å². The minimum Gasteiger partial charge on any atom is -0.396 e. The Morgan fingerprint density at radius 2 is 1.90 bits per heavy atom. The topological polar surface area (TPSA) is 61.1 Å². The van der Waals surface area contributed by atoms with E-state index in [1.807, 2.05) is 50.5 Å². The molecule has 0 spiro atoms. The number of imidazole rings is 1. The van der Waals surface area contributed by atoms with E-state index in [1.54, 1.807) is 4.90 Å². The molecule has 1 aromatic carbocycles. The summed E-state index contributed by atoms with van der Waals surface area (Å²) in [5, 5.41) is 9.43. The Labute approximate surface area is 184 Å². The van der Waals surface area contributed by atoms with Crippen LogP contribution in [0.1, 0.15) is 40.2 Å². The van der Waals surface area contributed by atoms with Crippen LogP contribution in [0.2, 0.25) is 0 Å². The average Bonchev–Trinajstić information content (AvgIpc) is 3.17. The molecule has 1 N–H and O–H groups in total. The van der Waals surface area contributed by atoms with Gasteiger partial charge in [0, 0.05) is 32.9 Å². The van der Waals surface area contributed by atoms with Gasteiger partial charge in [-0.05, 0) is 62.4 Å². The summed E-state index contributed by atoms with van der Waals surface area (Å²) < 4.78 is 2.08. The Morgan fingerprint density at radius 3 is 2.61 bits per heavy atom. The summed E-state index contributed by atoms with van der Waals surface area (Å²) in [6, 6.07) is 14.3. The summed E-state index contributed by atoms with van der Waals surface area (Å²) in [7, 11) is 1.86. The van der Waals surface area contributed by atoms with E-state index in [2.05, 4.69) is 21.4 Å². The van der Waals surface area contributed by atoms with E-state index < -0.39 is 0 Å². The van der Waals surface area contributed by atoms with Crippen LogP contribution in [-0.4, -0.2) is 63.5 Å². The lowest BCUT2D eigenvalue weighted by Crippen LogP contribution is -2.36. The first-order valence-corrected chi connectivity index (χ1v) is 11.2. The second kappa shape index (κ2) is 9.62. The number of carbonyl (C=O) groups excluding carboxylic acids is 1. The monoisotopic (exact) mass is 420 g/mol. The molecule has 2 aromatic heterocycles. The number of fused-ring (bicyclic) bond motifs is 1. The maximum atomic E-state index is 13.4. The maximum Gasteiger partial charge on any atom is 0.274 e. The zero-order chi connectivity index (χ0) is 21.8. The van der Waals surface area contributed by atoms with E-state index in [0.29, 0.717) is 24.7 Å². The molecular weight excluding hydrogens is 388 g/mol. The number of carbonyl (C=O) groups is 1. The third-order valence-corrected chi connectivity index (χ3v) is 6.41. The Morgan fingerprint density at radius 1 is 1.16 bits per heavy atom. The second-order valence-electron chi connectivity index (χ2n) is 8.66. The molecule has 0 saturated carbocycles. The van der Waals surface area contributed by atoms with E-state index >= 15 is 0 Å². The highest BCUT2D eigenvalue weighted by atomic mass is 16.3. The Balaban J connectivity index is 1.56. The molecule has 3 heterocycles. The third kappa shape index (κ3) is 4.81. The molecule has 6 nitrogen and oxygen atoms in total. The van der Waals surface area contributed by atoms with Crippen LogP contribution in [0.15, 0.2) is 48.7 Å². The van der Waals surface area contributed by atoms with Crippen molar-refractivity contribution in [2.75, 3.05) is 33.3 Å². The zero-order valence-corrected chi connectivity index (χ0v) is 18.5. The van der Waals surface area contributed by atoms with Gasteiger partial charge in [0.1, 0.15) is 5.65 Å². The number of aliphatic hydroxyl groups excluding tert-OH is 1. The number of pyridine rings is 1. The molecule has 1 saturated heterocycles. The van der Waals surface area contributed by atoms with E-state index in [9.17, 15) is 9.90 Å². The van der Waals surface area contributed by atoms with Crippen LogP contribution in [0.5, 0.6) is 0 Å². The lowest BCUT2D eigenvalue weighted by Gasteiger charge is -2.31. The van der Waals surface area contributed by atoms with Crippen molar-refractivity contribution in [2.24, 2.45) is 5.92 Å². The largest absolute Gasteiger partial charge is 0.396 e. The quantitative estimate of drug-likeness (QED) is 0.638. The minimum atomic E-state index is -0.0284. The van der Waals surface area contributed by atoms with E-state index in [0.717, 1.165) is 49.3 Å². The van der Waals surface area contributed by atoms with Gasteiger partial charge >= 0.3 is 0 Å². The van der Waals surface area contributed by atoms with Gasteiger partial charge in [-0.25, -0.2) is 4.98 Å². The van der Waals surface area contributed by atoms with Gasteiger partial charge in [0.25, 0.3) is 5.91 Å². The second-order valence-corrected chi connectivity index (χ2v) is 8.66. The van der Waals surface area contributed by atoms with Crippen molar-refractivity contribution >= 4 is 11.6 Å². The van der Waals surface area contributed by atoms with Gasteiger partial charge in [-0.2, -0.15) is 0 Å². The lowest BCUT2D eigenvalue weighted by molar-refractivity contribution is 0.0787. The van der Waals surface area contributed by atoms with Crippen molar-refractivity contribution in [2.45, 2.75) is 32.7 Å². The van der Waals surface area contributed by atoms with Crippen molar-refractivity contribution < 1.29 is 9.90 Å². The molecule has 1 fully saturated rings. The van der Waals surface area contributed by atoms with Gasteiger partial charge in [-0.1, -0.05) is 36.4 Å². The van der Waals surface area contributed by atoms with Crippen molar-refractivity contribution in [3.05, 3.63) is 71.2 Å². The number of piperidine rings is 1. The summed E-state index contributed by atoms with van der Waals surface area (Å²) in [6.07, 6.45) is 4.81. The number of hydrogen-bond donors (Lipinski definition) is 1. The number of nitrogens with zero attached hydrogens (tertiary/aromatic N) is 4. The molecule has 164 valence electrons. The van der Waals surface area contributed by atoms with Crippen LogP contribution >= 0.6 is 0 Å². The fourth-order valence-electron chi connectivity index (χ4n) is 4.34. The Hall–Kier alpha value is -2.70. The fourth-order valence-corrected chi connectivity index (χ4v) is 4.34. The van der Waals surface area contributed by atoms with E-state index in [-0.39, 0.29) is 12.5 Å². The predicted octanol–water partition coefficient (Wildman–Crippen LogP) is 3.16. The lowest BCUT2D eigenvalue weighted by atomic mass is 9.98. The molecule has 1 amide bonds. The van der Waals surface area contributed by atoms with Crippen molar-refractivity contribution in [3.8, 4) is 0 Å².